The van der Waals surface area contributed by atoms with E-state index in [1.165, 1.54) is 24.6 Å². The Hall–Kier alpha value is -2.55. The fourth-order valence-corrected chi connectivity index (χ4v) is 6.49. The molecule has 34 heavy (non-hydrogen) atoms. The van der Waals surface area contributed by atoms with E-state index in [0.29, 0.717) is 22.6 Å². The normalized spacial score (nSPS) is 23.7. The molecule has 0 radical (unpaired) electrons. The number of para-hydroxylation sites is 2. The van der Waals surface area contributed by atoms with Gasteiger partial charge in [0.2, 0.25) is 17.6 Å². The largest absolute Gasteiger partial charge is 0.342 e. The molecular weight excluding hydrogens is 448 g/mol. The maximum absolute atomic E-state index is 13.4. The first kappa shape index (κ1) is 23.2. The highest BCUT2D eigenvalue weighted by Gasteiger charge is 2.30. The topological polar surface area (TPSA) is 75.7 Å². The molecule has 9 heteroatoms. The van der Waals surface area contributed by atoms with Crippen molar-refractivity contribution in [2.24, 2.45) is 5.92 Å². The second kappa shape index (κ2) is 9.60. The number of likely N-dealkylation sites (tertiary alicyclic amines) is 2. The molecule has 5 rings (SSSR count). The smallest absolute Gasteiger partial charge is 0.243 e. The molecule has 3 aromatic rings. The highest BCUT2D eigenvalue weighted by atomic mass is 32.2. The summed E-state index contributed by atoms with van der Waals surface area (Å²) in [4.78, 5) is 30.2. The summed E-state index contributed by atoms with van der Waals surface area (Å²) >= 11 is 1.42. The molecule has 0 aliphatic carbocycles. The maximum Gasteiger partial charge on any atom is 0.243 e. The number of fused-ring (bicyclic) bond motifs is 3. The predicted molar refractivity (Wildman–Crippen MR) is 134 cm³/mol. The minimum atomic E-state index is 0.120. The zero-order chi connectivity index (χ0) is 23.8. The number of amides is 2. The van der Waals surface area contributed by atoms with Crippen molar-refractivity contribution in [1.29, 1.82) is 0 Å². The average Bonchev–Trinajstić information content (AvgIpc) is 3.37. The second-order valence-electron chi connectivity index (χ2n) is 10.00. The molecule has 2 aliphatic heterocycles. The summed E-state index contributed by atoms with van der Waals surface area (Å²) < 4.78 is 3.96. The lowest BCUT2D eigenvalue weighted by atomic mass is 9.97. The van der Waals surface area contributed by atoms with Crippen molar-refractivity contribution in [2.75, 3.05) is 18.8 Å². The van der Waals surface area contributed by atoms with Crippen LogP contribution in [-0.4, -0.2) is 71.7 Å². The minimum Gasteiger partial charge on any atom is -0.342 e. The van der Waals surface area contributed by atoms with Gasteiger partial charge in [0, 0.05) is 25.2 Å². The highest BCUT2D eigenvalue weighted by molar-refractivity contribution is 7.99. The van der Waals surface area contributed by atoms with Gasteiger partial charge in [-0.15, -0.1) is 10.2 Å². The van der Waals surface area contributed by atoms with E-state index in [1.807, 2.05) is 43.0 Å². The molecule has 2 fully saturated rings. The first-order valence-electron chi connectivity index (χ1n) is 12.5. The zero-order valence-corrected chi connectivity index (χ0v) is 21.1. The fourth-order valence-electron chi connectivity index (χ4n) is 5.65. The Morgan fingerprint density at radius 1 is 0.971 bits per heavy atom. The van der Waals surface area contributed by atoms with Crippen LogP contribution in [0.4, 0.5) is 0 Å². The quantitative estimate of drug-likeness (QED) is 0.517. The predicted octanol–water partition coefficient (Wildman–Crippen LogP) is 3.82. The van der Waals surface area contributed by atoms with Gasteiger partial charge in [0.05, 0.1) is 16.8 Å². The van der Waals surface area contributed by atoms with E-state index < -0.39 is 0 Å². The summed E-state index contributed by atoms with van der Waals surface area (Å²) in [7, 11) is 0. The van der Waals surface area contributed by atoms with Gasteiger partial charge in [-0.2, -0.15) is 0 Å². The van der Waals surface area contributed by atoms with Gasteiger partial charge in [0.25, 0.3) is 0 Å². The number of aromatic nitrogens is 4. The van der Waals surface area contributed by atoms with Gasteiger partial charge in [-0.1, -0.05) is 30.8 Å². The summed E-state index contributed by atoms with van der Waals surface area (Å²) in [5.74, 6) is 1.82. The number of imidazole rings is 1. The van der Waals surface area contributed by atoms with Gasteiger partial charge >= 0.3 is 0 Å². The van der Waals surface area contributed by atoms with E-state index in [0.717, 1.165) is 43.4 Å². The molecule has 2 aromatic heterocycles. The van der Waals surface area contributed by atoms with Gasteiger partial charge in [-0.25, -0.2) is 0 Å². The van der Waals surface area contributed by atoms with Gasteiger partial charge in [-0.3, -0.25) is 18.6 Å². The van der Waals surface area contributed by atoms with Crippen molar-refractivity contribution in [3.05, 3.63) is 24.3 Å². The third-order valence-corrected chi connectivity index (χ3v) is 8.29. The number of benzene rings is 1. The molecule has 0 unspecified atom stereocenters. The molecule has 182 valence electrons. The Kier molecular flexibility index (Phi) is 6.55. The molecule has 2 saturated heterocycles. The summed E-state index contributed by atoms with van der Waals surface area (Å²) in [5, 5.41) is 9.55. The van der Waals surface area contributed by atoms with Crippen molar-refractivity contribution in [1.82, 2.24) is 29.0 Å². The van der Waals surface area contributed by atoms with Crippen LogP contribution in [0.25, 0.3) is 16.8 Å². The summed E-state index contributed by atoms with van der Waals surface area (Å²) in [6, 6.07) is 8.52. The van der Waals surface area contributed by atoms with E-state index in [1.54, 1.807) is 0 Å². The summed E-state index contributed by atoms with van der Waals surface area (Å²) in [6.07, 6.45) is 5.53. The number of carbonyl (C=O) groups is 2. The number of nitrogens with zero attached hydrogens (tertiary/aromatic N) is 6. The summed E-state index contributed by atoms with van der Waals surface area (Å²) in [6.45, 7) is 8.40. The molecule has 4 heterocycles. The van der Waals surface area contributed by atoms with Crippen molar-refractivity contribution >= 4 is 40.4 Å². The third kappa shape index (κ3) is 4.30. The minimum absolute atomic E-state index is 0.120. The van der Waals surface area contributed by atoms with E-state index >= 15 is 0 Å². The summed E-state index contributed by atoms with van der Waals surface area (Å²) in [5.41, 5.74) is 1.91. The van der Waals surface area contributed by atoms with Crippen LogP contribution in [0.15, 0.2) is 29.4 Å². The van der Waals surface area contributed by atoms with E-state index in [4.69, 9.17) is 0 Å². The Bertz CT molecular complexity index is 1190. The molecule has 0 saturated carbocycles. The zero-order valence-electron chi connectivity index (χ0n) is 20.3. The lowest BCUT2D eigenvalue weighted by molar-refractivity contribution is -0.137. The number of thioether (sulfide) groups is 1. The highest BCUT2D eigenvalue weighted by Crippen LogP contribution is 2.28. The van der Waals surface area contributed by atoms with E-state index in [9.17, 15) is 9.59 Å². The van der Waals surface area contributed by atoms with E-state index in [2.05, 4.69) is 31.0 Å². The third-order valence-electron chi connectivity index (χ3n) is 7.38. The van der Waals surface area contributed by atoms with Crippen LogP contribution in [0.2, 0.25) is 0 Å². The van der Waals surface area contributed by atoms with Crippen molar-refractivity contribution in [3.8, 4) is 0 Å². The monoisotopic (exact) mass is 482 g/mol. The molecular formula is C25H34N6O2S. The Morgan fingerprint density at radius 3 is 2.44 bits per heavy atom. The lowest BCUT2D eigenvalue weighted by Crippen LogP contribution is -2.48. The van der Waals surface area contributed by atoms with Crippen LogP contribution in [0, 0.1) is 5.92 Å². The Labute approximate surface area is 204 Å². The maximum atomic E-state index is 13.4. The number of piperidine rings is 2. The van der Waals surface area contributed by atoms with Gasteiger partial charge in [-0.05, 0) is 64.0 Å². The first-order chi connectivity index (χ1) is 16.4. The van der Waals surface area contributed by atoms with Crippen molar-refractivity contribution < 1.29 is 9.59 Å². The van der Waals surface area contributed by atoms with E-state index in [-0.39, 0.29) is 30.4 Å². The first-order valence-corrected chi connectivity index (χ1v) is 13.5. The molecule has 8 nitrogen and oxygen atoms in total. The van der Waals surface area contributed by atoms with Crippen LogP contribution in [0.1, 0.15) is 52.9 Å². The molecule has 0 spiro atoms. The number of rotatable bonds is 5. The molecule has 0 N–H and O–H groups in total. The van der Waals surface area contributed by atoms with Gasteiger partial charge in [0.15, 0.2) is 5.16 Å². The molecule has 1 aromatic carbocycles. The Morgan fingerprint density at radius 2 is 1.71 bits per heavy atom. The second-order valence-corrected chi connectivity index (χ2v) is 10.9. The van der Waals surface area contributed by atoms with Crippen LogP contribution in [0.3, 0.4) is 0 Å². The fraction of sp³-hybridized carbons (Fsp3) is 0.600. The average molecular weight is 483 g/mol. The van der Waals surface area contributed by atoms with Crippen LogP contribution in [0.5, 0.6) is 0 Å². The molecule has 2 aliphatic rings. The number of hydrogen-bond acceptors (Lipinski definition) is 5. The van der Waals surface area contributed by atoms with Crippen LogP contribution < -0.4 is 0 Å². The molecule has 2 amide bonds. The number of carbonyl (C=O) groups excluding carboxylic acids is 2. The standard InChI is InChI=1S/C25H34N6O2S/c1-17-8-7-13-28(14-17)23(33)16-34-25-27-26-24-29(20-11-4-5-12-21(20)31(24)25)15-22(32)30-18(2)9-6-10-19(30)3/h4-5,11-12,17-19H,6-10,13-16H2,1-3H3/t17-,18-,19+/m1/s1. The SMILES string of the molecule is C[C@@H]1CCCN(C(=O)CSc2nnc3n(CC(=O)N4[C@H](C)CCC[C@@H]4C)c4ccccc4n23)C1. The lowest BCUT2D eigenvalue weighted by Gasteiger charge is -2.39. The van der Waals surface area contributed by atoms with Crippen molar-refractivity contribution in [3.63, 3.8) is 0 Å². The van der Waals surface area contributed by atoms with Gasteiger partial charge < -0.3 is 9.80 Å². The molecule has 0 bridgehead atoms. The Balaban J connectivity index is 1.40. The number of hydrogen-bond donors (Lipinski definition) is 0. The van der Waals surface area contributed by atoms with Crippen LogP contribution >= 0.6 is 11.8 Å². The van der Waals surface area contributed by atoms with Crippen LogP contribution in [-0.2, 0) is 16.1 Å². The van der Waals surface area contributed by atoms with Gasteiger partial charge in [0.1, 0.15) is 6.54 Å². The van der Waals surface area contributed by atoms with Crippen molar-refractivity contribution in [2.45, 2.75) is 76.7 Å². The molecule has 3 atom stereocenters.